The Bertz CT molecular complexity index is 678. The van der Waals surface area contributed by atoms with Gasteiger partial charge in [0.2, 0.25) is 0 Å². The smallest absolute Gasteiger partial charge is 0.127 e. The van der Waals surface area contributed by atoms with Gasteiger partial charge in [-0.3, -0.25) is 0 Å². The molecular formula is C18H19BrClF. The Labute approximate surface area is 139 Å². The van der Waals surface area contributed by atoms with E-state index < -0.39 is 0 Å². The summed E-state index contributed by atoms with van der Waals surface area (Å²) in [6.07, 6.45) is 0. The molecule has 1 atom stereocenters. The highest BCUT2D eigenvalue weighted by molar-refractivity contribution is 9.09. The van der Waals surface area contributed by atoms with Crippen molar-refractivity contribution in [3.05, 3.63) is 68.0 Å². The molecule has 0 nitrogen and oxygen atoms in total. The van der Waals surface area contributed by atoms with E-state index >= 15 is 0 Å². The molecule has 0 saturated carbocycles. The monoisotopic (exact) mass is 368 g/mol. The maximum absolute atomic E-state index is 14.2. The van der Waals surface area contributed by atoms with Gasteiger partial charge in [-0.25, -0.2) is 4.39 Å². The Hall–Kier alpha value is -0.860. The Morgan fingerprint density at radius 2 is 1.38 bits per heavy atom. The van der Waals surface area contributed by atoms with E-state index in [1.807, 2.05) is 0 Å². The van der Waals surface area contributed by atoms with Crippen LogP contribution in [0.4, 0.5) is 4.39 Å². The van der Waals surface area contributed by atoms with Crippen molar-refractivity contribution in [2.24, 2.45) is 0 Å². The molecule has 0 amide bonds. The van der Waals surface area contributed by atoms with Crippen LogP contribution in [0, 0.1) is 40.4 Å². The van der Waals surface area contributed by atoms with Crippen LogP contribution in [0.1, 0.15) is 43.8 Å². The molecule has 0 N–H and O–H groups in total. The predicted octanol–water partition coefficient (Wildman–Crippen LogP) is 6.51. The first-order valence-corrected chi connectivity index (χ1v) is 8.21. The van der Waals surface area contributed by atoms with Crippen molar-refractivity contribution in [2.45, 2.75) is 39.4 Å². The van der Waals surface area contributed by atoms with Crippen molar-refractivity contribution >= 4 is 27.5 Å². The molecule has 3 heteroatoms. The molecule has 112 valence electrons. The van der Waals surface area contributed by atoms with Gasteiger partial charge in [0.1, 0.15) is 5.82 Å². The van der Waals surface area contributed by atoms with Crippen molar-refractivity contribution in [1.29, 1.82) is 0 Å². The maximum Gasteiger partial charge on any atom is 0.127 e. The lowest BCUT2D eigenvalue weighted by Gasteiger charge is -2.23. The highest BCUT2D eigenvalue weighted by atomic mass is 79.9. The summed E-state index contributed by atoms with van der Waals surface area (Å²) in [5, 5.41) is 0.548. The summed E-state index contributed by atoms with van der Waals surface area (Å²) in [4.78, 5) is -0.200. The topological polar surface area (TPSA) is 0 Å². The lowest BCUT2D eigenvalue weighted by molar-refractivity contribution is 0.613. The lowest BCUT2D eigenvalue weighted by Crippen LogP contribution is -2.07. The Balaban J connectivity index is 2.69. The summed E-state index contributed by atoms with van der Waals surface area (Å²) in [5.74, 6) is -0.240. The second-order valence-corrected chi connectivity index (χ2v) is 6.92. The van der Waals surface area contributed by atoms with Crippen molar-refractivity contribution in [1.82, 2.24) is 0 Å². The van der Waals surface area contributed by atoms with Gasteiger partial charge in [-0.2, -0.15) is 0 Å². The molecule has 2 aromatic rings. The van der Waals surface area contributed by atoms with Crippen LogP contribution in [0.5, 0.6) is 0 Å². The van der Waals surface area contributed by atoms with Gasteiger partial charge < -0.3 is 0 Å². The molecule has 0 saturated heterocycles. The minimum Gasteiger partial charge on any atom is -0.207 e. The van der Waals surface area contributed by atoms with Crippen LogP contribution in [0.3, 0.4) is 0 Å². The van der Waals surface area contributed by atoms with Crippen molar-refractivity contribution in [3.63, 3.8) is 0 Å². The van der Waals surface area contributed by atoms with Crippen molar-refractivity contribution < 1.29 is 4.39 Å². The van der Waals surface area contributed by atoms with E-state index in [2.05, 4.69) is 50.5 Å². The SMILES string of the molecule is Cc1c(C)c(C)c(C(Br)c2cc(Cl)ccc2F)c(C)c1C. The Morgan fingerprint density at radius 3 is 1.90 bits per heavy atom. The zero-order chi connectivity index (χ0) is 15.9. The van der Waals surface area contributed by atoms with E-state index in [1.165, 1.54) is 33.9 Å². The third kappa shape index (κ3) is 2.89. The first kappa shape index (κ1) is 16.5. The molecule has 0 aliphatic heterocycles. The fourth-order valence-electron chi connectivity index (χ4n) is 2.77. The molecule has 0 heterocycles. The zero-order valence-electron chi connectivity index (χ0n) is 12.9. The fourth-order valence-corrected chi connectivity index (χ4v) is 3.99. The normalized spacial score (nSPS) is 12.6. The van der Waals surface area contributed by atoms with Gasteiger partial charge in [0.25, 0.3) is 0 Å². The van der Waals surface area contributed by atoms with Crippen LogP contribution in [0.15, 0.2) is 18.2 Å². The largest absolute Gasteiger partial charge is 0.207 e. The highest BCUT2D eigenvalue weighted by Gasteiger charge is 2.22. The van der Waals surface area contributed by atoms with Crippen LogP contribution in [0.2, 0.25) is 5.02 Å². The van der Waals surface area contributed by atoms with Crippen LogP contribution in [-0.2, 0) is 0 Å². The quantitative estimate of drug-likeness (QED) is 0.530. The molecule has 2 rings (SSSR count). The summed E-state index contributed by atoms with van der Waals surface area (Å²) in [5.41, 5.74) is 7.96. The highest BCUT2D eigenvalue weighted by Crippen LogP contribution is 2.40. The average Bonchev–Trinajstić information content (AvgIpc) is 2.45. The molecule has 0 aliphatic carbocycles. The molecule has 0 bridgehead atoms. The summed E-state index contributed by atoms with van der Waals surface area (Å²) in [6.45, 7) is 10.6. The molecule has 0 aliphatic rings. The van der Waals surface area contributed by atoms with E-state index in [-0.39, 0.29) is 10.6 Å². The van der Waals surface area contributed by atoms with E-state index in [0.717, 1.165) is 5.56 Å². The standard InChI is InChI=1S/C18H19BrClF/c1-9-10(2)12(4)17(13(5)11(9)3)18(19)15-8-14(20)6-7-16(15)21/h6-8,18H,1-5H3. The van der Waals surface area contributed by atoms with Crippen LogP contribution in [0.25, 0.3) is 0 Å². The van der Waals surface area contributed by atoms with Gasteiger partial charge in [0.05, 0.1) is 4.83 Å². The number of halogens is 3. The fraction of sp³-hybridized carbons (Fsp3) is 0.333. The predicted molar refractivity (Wildman–Crippen MR) is 92.3 cm³/mol. The molecule has 0 radical (unpaired) electrons. The third-order valence-corrected chi connectivity index (χ3v) is 5.73. The number of alkyl halides is 1. The number of hydrogen-bond acceptors (Lipinski definition) is 0. The second kappa shape index (κ2) is 6.10. The zero-order valence-corrected chi connectivity index (χ0v) is 15.3. The third-order valence-electron chi connectivity index (χ3n) is 4.54. The van der Waals surface area contributed by atoms with Gasteiger partial charge in [-0.15, -0.1) is 0 Å². The minimum atomic E-state index is -0.240. The van der Waals surface area contributed by atoms with Gasteiger partial charge in [-0.1, -0.05) is 27.5 Å². The van der Waals surface area contributed by atoms with E-state index in [9.17, 15) is 4.39 Å². The molecule has 21 heavy (non-hydrogen) atoms. The molecule has 2 aromatic carbocycles. The van der Waals surface area contributed by atoms with E-state index in [4.69, 9.17) is 11.6 Å². The van der Waals surface area contributed by atoms with Crippen molar-refractivity contribution in [3.8, 4) is 0 Å². The first-order chi connectivity index (χ1) is 9.75. The maximum atomic E-state index is 14.2. The molecule has 0 aromatic heterocycles. The van der Waals surface area contributed by atoms with Gasteiger partial charge in [0.15, 0.2) is 0 Å². The average molecular weight is 370 g/mol. The number of hydrogen-bond donors (Lipinski definition) is 0. The second-order valence-electron chi connectivity index (χ2n) is 5.57. The number of benzene rings is 2. The van der Waals surface area contributed by atoms with E-state index in [1.54, 1.807) is 12.1 Å². The first-order valence-electron chi connectivity index (χ1n) is 6.91. The summed E-state index contributed by atoms with van der Waals surface area (Å²) < 4.78 is 14.2. The van der Waals surface area contributed by atoms with Gasteiger partial charge in [-0.05, 0) is 86.2 Å². The van der Waals surface area contributed by atoms with E-state index in [0.29, 0.717) is 10.6 Å². The van der Waals surface area contributed by atoms with Crippen LogP contribution in [-0.4, -0.2) is 0 Å². The van der Waals surface area contributed by atoms with Crippen LogP contribution >= 0.6 is 27.5 Å². The summed E-state index contributed by atoms with van der Waals surface area (Å²) >= 11 is 9.70. The molecule has 1 unspecified atom stereocenters. The molecule has 0 spiro atoms. The molecular weight excluding hydrogens is 351 g/mol. The Morgan fingerprint density at radius 1 is 0.905 bits per heavy atom. The Kier molecular flexibility index (Phi) is 4.79. The summed E-state index contributed by atoms with van der Waals surface area (Å²) in [6, 6.07) is 4.69. The summed E-state index contributed by atoms with van der Waals surface area (Å²) in [7, 11) is 0. The van der Waals surface area contributed by atoms with Gasteiger partial charge in [0, 0.05) is 10.6 Å². The molecule has 0 fully saturated rings. The minimum absolute atomic E-state index is 0.200. The van der Waals surface area contributed by atoms with Crippen molar-refractivity contribution in [2.75, 3.05) is 0 Å². The lowest BCUT2D eigenvalue weighted by atomic mass is 9.86. The number of rotatable bonds is 2. The van der Waals surface area contributed by atoms with Gasteiger partial charge >= 0.3 is 0 Å². The van der Waals surface area contributed by atoms with Crippen LogP contribution < -0.4 is 0 Å².